The van der Waals surface area contributed by atoms with Crippen molar-refractivity contribution >= 4 is 40.9 Å². The molecule has 1 saturated heterocycles. The number of carbonyl (C=O) groups is 3. The van der Waals surface area contributed by atoms with Crippen LogP contribution < -0.4 is 11.1 Å². The molecular weight excluding hydrogens is 487 g/mol. The van der Waals surface area contributed by atoms with Crippen molar-refractivity contribution in [3.63, 3.8) is 0 Å². The van der Waals surface area contributed by atoms with Crippen LogP contribution in [-0.4, -0.2) is 46.8 Å². The molecule has 1 saturated carbocycles. The molecule has 35 heavy (non-hydrogen) atoms. The second-order valence-corrected chi connectivity index (χ2v) is 9.92. The average Bonchev–Trinajstić information content (AvgIpc) is 3.34. The molecule has 9 heteroatoms. The van der Waals surface area contributed by atoms with Gasteiger partial charge in [0.1, 0.15) is 0 Å². The fraction of sp³-hybridized carbons (Fsp3) is 0.423. The molecule has 7 nitrogen and oxygen atoms in total. The van der Waals surface area contributed by atoms with Crippen molar-refractivity contribution in [2.75, 3.05) is 13.1 Å². The van der Waals surface area contributed by atoms with Crippen molar-refractivity contribution in [1.82, 2.24) is 15.1 Å². The fourth-order valence-corrected chi connectivity index (χ4v) is 5.18. The zero-order chi connectivity index (χ0) is 24.9. The maximum atomic E-state index is 13.5. The lowest BCUT2D eigenvalue weighted by Gasteiger charge is -2.32. The van der Waals surface area contributed by atoms with Crippen LogP contribution in [0.2, 0.25) is 10.0 Å². The van der Waals surface area contributed by atoms with Crippen LogP contribution in [0.15, 0.2) is 42.5 Å². The number of hydrogen-bond donors (Lipinski definition) is 2. The van der Waals surface area contributed by atoms with Crippen LogP contribution in [0.1, 0.15) is 53.6 Å². The number of amides is 3. The van der Waals surface area contributed by atoms with Gasteiger partial charge in [-0.3, -0.25) is 14.4 Å². The van der Waals surface area contributed by atoms with E-state index in [1.165, 1.54) is 11.0 Å². The number of rotatable bonds is 6. The summed E-state index contributed by atoms with van der Waals surface area (Å²) in [6.45, 7) is 1.24. The number of nitrogens with zero attached hydrogens (tertiary/aromatic N) is 2. The molecule has 1 heterocycles. The summed E-state index contributed by atoms with van der Waals surface area (Å²) >= 11 is 12.1. The monoisotopic (exact) mass is 516 g/mol. The molecule has 1 aliphatic carbocycles. The normalized spacial score (nSPS) is 18.5. The molecule has 3 N–H and O–H groups in total. The van der Waals surface area contributed by atoms with Crippen LogP contribution >= 0.6 is 23.2 Å². The standard InChI is InChI=1S/C26H30Cl2N4O3/c27-21-10-9-20(14-22(21)28)26(35)32-12-11-31(25(34)19-7-2-1-3-8-19)24(32)23(33)30-16-18-6-4-5-17(13-18)15-29/h4-6,9-10,13-14,19,24H,1-3,7-8,11-12,15-16,29H2,(H,30,33). The average molecular weight is 517 g/mol. The van der Waals surface area contributed by atoms with E-state index < -0.39 is 12.1 Å². The van der Waals surface area contributed by atoms with Crippen LogP contribution in [0.3, 0.4) is 0 Å². The van der Waals surface area contributed by atoms with Crippen LogP contribution in [0.4, 0.5) is 0 Å². The SMILES string of the molecule is NCc1cccc(CNC(=O)C2N(C(=O)c3ccc(Cl)c(Cl)c3)CCN2C(=O)C2CCCCC2)c1. The molecule has 1 atom stereocenters. The first-order valence-electron chi connectivity index (χ1n) is 12.0. The van der Waals surface area contributed by atoms with Gasteiger partial charge in [-0.05, 0) is 42.2 Å². The predicted octanol–water partition coefficient (Wildman–Crippen LogP) is 3.96. The van der Waals surface area contributed by atoms with Crippen molar-refractivity contribution in [2.45, 2.75) is 51.4 Å². The van der Waals surface area contributed by atoms with Gasteiger partial charge in [-0.15, -0.1) is 0 Å². The van der Waals surface area contributed by atoms with Gasteiger partial charge in [0.2, 0.25) is 5.91 Å². The summed E-state index contributed by atoms with van der Waals surface area (Å²) in [5.74, 6) is -0.925. The topological polar surface area (TPSA) is 95.7 Å². The van der Waals surface area contributed by atoms with Crippen LogP contribution in [0.25, 0.3) is 0 Å². The largest absolute Gasteiger partial charge is 0.349 e. The van der Waals surface area contributed by atoms with E-state index in [-0.39, 0.29) is 35.8 Å². The summed E-state index contributed by atoms with van der Waals surface area (Å²) in [5, 5.41) is 3.52. The Balaban J connectivity index is 1.57. The Labute approximate surface area is 215 Å². The molecule has 1 aliphatic heterocycles. The molecule has 0 radical (unpaired) electrons. The summed E-state index contributed by atoms with van der Waals surface area (Å²) in [5.41, 5.74) is 7.91. The van der Waals surface area contributed by atoms with Gasteiger partial charge >= 0.3 is 0 Å². The molecule has 2 aliphatic rings. The lowest BCUT2D eigenvalue weighted by atomic mass is 9.88. The predicted molar refractivity (Wildman–Crippen MR) is 136 cm³/mol. The summed E-state index contributed by atoms with van der Waals surface area (Å²) in [4.78, 5) is 43.3. The third kappa shape index (κ3) is 5.80. The third-order valence-corrected chi connectivity index (χ3v) is 7.50. The Morgan fingerprint density at radius 1 is 0.914 bits per heavy atom. The van der Waals surface area contributed by atoms with Gasteiger partial charge in [-0.1, -0.05) is 66.7 Å². The Morgan fingerprint density at radius 2 is 1.63 bits per heavy atom. The molecule has 3 amide bonds. The number of nitrogens with one attached hydrogen (secondary N) is 1. The Morgan fingerprint density at radius 3 is 2.34 bits per heavy atom. The highest BCUT2D eigenvalue weighted by atomic mass is 35.5. The summed E-state index contributed by atoms with van der Waals surface area (Å²) in [7, 11) is 0. The first kappa shape index (κ1) is 25.5. The molecule has 2 fully saturated rings. The highest BCUT2D eigenvalue weighted by Crippen LogP contribution is 2.30. The number of nitrogens with two attached hydrogens (primary N) is 1. The molecule has 0 bridgehead atoms. The second-order valence-electron chi connectivity index (χ2n) is 9.11. The number of carbonyl (C=O) groups excluding carboxylic acids is 3. The Hall–Kier alpha value is -2.61. The van der Waals surface area contributed by atoms with E-state index in [1.54, 1.807) is 17.0 Å². The Bertz CT molecular complexity index is 1100. The lowest BCUT2D eigenvalue weighted by Crippen LogP contribution is -2.54. The van der Waals surface area contributed by atoms with Gasteiger partial charge in [-0.25, -0.2) is 0 Å². The van der Waals surface area contributed by atoms with E-state index in [9.17, 15) is 14.4 Å². The van der Waals surface area contributed by atoms with Crippen molar-refractivity contribution in [3.8, 4) is 0 Å². The van der Waals surface area contributed by atoms with E-state index in [0.717, 1.165) is 43.2 Å². The molecule has 0 spiro atoms. The van der Waals surface area contributed by atoms with E-state index in [2.05, 4.69) is 5.32 Å². The van der Waals surface area contributed by atoms with E-state index in [4.69, 9.17) is 28.9 Å². The minimum atomic E-state index is -1.02. The van der Waals surface area contributed by atoms with Crippen LogP contribution in [-0.2, 0) is 22.7 Å². The molecule has 2 aromatic carbocycles. The first-order chi connectivity index (χ1) is 16.9. The van der Waals surface area contributed by atoms with Gasteiger partial charge in [0, 0.05) is 37.7 Å². The Kier molecular flexibility index (Phi) is 8.31. The smallest absolute Gasteiger partial charge is 0.264 e. The first-order valence-corrected chi connectivity index (χ1v) is 12.8. The highest BCUT2D eigenvalue weighted by Gasteiger charge is 2.44. The molecule has 1 unspecified atom stereocenters. The van der Waals surface area contributed by atoms with Crippen molar-refractivity contribution in [3.05, 3.63) is 69.2 Å². The van der Waals surface area contributed by atoms with Gasteiger partial charge < -0.3 is 20.9 Å². The molecule has 0 aromatic heterocycles. The quantitative estimate of drug-likeness (QED) is 0.607. The van der Waals surface area contributed by atoms with Gasteiger partial charge in [-0.2, -0.15) is 0 Å². The van der Waals surface area contributed by atoms with Gasteiger partial charge in [0.25, 0.3) is 11.8 Å². The maximum Gasteiger partial charge on any atom is 0.264 e. The van der Waals surface area contributed by atoms with Crippen LogP contribution in [0, 0.1) is 5.92 Å². The van der Waals surface area contributed by atoms with Crippen molar-refractivity contribution in [1.29, 1.82) is 0 Å². The number of hydrogen-bond acceptors (Lipinski definition) is 4. The summed E-state index contributed by atoms with van der Waals surface area (Å²) in [6.07, 6.45) is 3.74. The number of benzene rings is 2. The maximum absolute atomic E-state index is 13.5. The van der Waals surface area contributed by atoms with Crippen LogP contribution in [0.5, 0.6) is 0 Å². The van der Waals surface area contributed by atoms with Crippen molar-refractivity contribution < 1.29 is 14.4 Å². The van der Waals surface area contributed by atoms with Crippen molar-refractivity contribution in [2.24, 2.45) is 11.7 Å². The highest BCUT2D eigenvalue weighted by molar-refractivity contribution is 6.42. The molecule has 4 rings (SSSR count). The zero-order valence-corrected chi connectivity index (χ0v) is 21.0. The van der Waals surface area contributed by atoms with E-state index in [0.29, 0.717) is 23.7 Å². The minimum absolute atomic E-state index is 0.0561. The number of halogens is 2. The summed E-state index contributed by atoms with van der Waals surface area (Å²) in [6, 6.07) is 12.3. The van der Waals surface area contributed by atoms with E-state index >= 15 is 0 Å². The second kappa shape index (κ2) is 11.4. The zero-order valence-electron chi connectivity index (χ0n) is 19.5. The van der Waals surface area contributed by atoms with Gasteiger partial charge in [0.05, 0.1) is 10.0 Å². The van der Waals surface area contributed by atoms with E-state index in [1.807, 2.05) is 24.3 Å². The molecule has 186 valence electrons. The molecule has 2 aromatic rings. The molecular formula is C26H30Cl2N4O3. The minimum Gasteiger partial charge on any atom is -0.349 e. The fourth-order valence-electron chi connectivity index (χ4n) is 4.88. The summed E-state index contributed by atoms with van der Waals surface area (Å²) < 4.78 is 0. The van der Waals surface area contributed by atoms with Gasteiger partial charge in [0.15, 0.2) is 6.17 Å². The lowest BCUT2D eigenvalue weighted by molar-refractivity contribution is -0.145. The third-order valence-electron chi connectivity index (χ3n) is 6.77.